The maximum atomic E-state index is 11.5. The van der Waals surface area contributed by atoms with E-state index in [0.29, 0.717) is 0 Å². The van der Waals surface area contributed by atoms with Gasteiger partial charge in [-0.1, -0.05) is 0 Å². The van der Waals surface area contributed by atoms with E-state index in [1.165, 1.54) is 25.5 Å². The number of hydrogen-bond acceptors (Lipinski definition) is 6. The zero-order valence-electron chi connectivity index (χ0n) is 9.07. The molecule has 0 atom stereocenters. The minimum absolute atomic E-state index is 0.0939. The van der Waals surface area contributed by atoms with Crippen molar-refractivity contribution in [3.8, 4) is 11.9 Å². The maximum Gasteiger partial charge on any atom is 0.280 e. The number of aryl methyl sites for hydroxylation is 1. The van der Waals surface area contributed by atoms with Gasteiger partial charge in [-0.15, -0.1) is 0 Å². The molecule has 0 saturated heterocycles. The van der Waals surface area contributed by atoms with Crippen LogP contribution in [0.15, 0.2) is 23.6 Å². The Morgan fingerprint density at radius 3 is 2.72 bits per heavy atom. The first-order valence-electron chi connectivity index (χ1n) is 4.66. The lowest BCUT2D eigenvalue weighted by Gasteiger charge is -2.02. The van der Waals surface area contributed by atoms with Gasteiger partial charge in [0.05, 0.1) is 5.69 Å². The molecule has 2 heterocycles. The van der Waals surface area contributed by atoms with Crippen LogP contribution in [0, 0.1) is 18.3 Å². The largest absolute Gasteiger partial charge is 0.280 e. The number of nitrogens with zero attached hydrogens (tertiary/aromatic N) is 5. The number of hydrogen-bond donors (Lipinski definition) is 0. The van der Waals surface area contributed by atoms with Crippen molar-refractivity contribution >= 4 is 19.7 Å². The van der Waals surface area contributed by atoms with E-state index in [0.717, 1.165) is 4.68 Å². The molecule has 2 aromatic heterocycles. The second-order valence-corrected chi connectivity index (χ2v) is 5.78. The number of nitriles is 1. The number of aromatic nitrogens is 4. The van der Waals surface area contributed by atoms with Crippen LogP contribution in [-0.4, -0.2) is 28.2 Å². The van der Waals surface area contributed by atoms with Crippen LogP contribution in [-0.2, 0) is 9.05 Å². The topological polar surface area (TPSA) is 102 Å². The lowest BCUT2D eigenvalue weighted by Crippen LogP contribution is -2.07. The third-order valence-corrected chi connectivity index (χ3v) is 3.42. The average Bonchev–Trinajstić information content (AvgIpc) is 2.67. The van der Waals surface area contributed by atoms with E-state index in [9.17, 15) is 8.42 Å². The molecule has 0 radical (unpaired) electrons. The van der Waals surface area contributed by atoms with Gasteiger partial charge in [0.25, 0.3) is 9.05 Å². The number of halogens is 1. The van der Waals surface area contributed by atoms with Gasteiger partial charge in [-0.2, -0.15) is 10.4 Å². The SMILES string of the molecule is Cc1nn(-c2ccncn2)c(S(=O)(=O)Cl)c1C#N. The summed E-state index contributed by atoms with van der Waals surface area (Å²) in [5.74, 6) is 0.217. The first-order chi connectivity index (χ1) is 8.45. The predicted molar refractivity (Wildman–Crippen MR) is 61.6 cm³/mol. The summed E-state index contributed by atoms with van der Waals surface area (Å²) in [5, 5.41) is 12.5. The molecular formula is C9H6ClN5O2S. The molecule has 2 aromatic rings. The fourth-order valence-corrected chi connectivity index (χ4v) is 2.63. The van der Waals surface area contributed by atoms with Gasteiger partial charge in [-0.25, -0.2) is 23.1 Å². The molecule has 0 bridgehead atoms. The first kappa shape index (κ1) is 12.5. The first-order valence-corrected chi connectivity index (χ1v) is 6.97. The van der Waals surface area contributed by atoms with Gasteiger partial charge in [0.1, 0.15) is 18.0 Å². The van der Waals surface area contributed by atoms with Gasteiger partial charge in [-0.3, -0.25) is 0 Å². The van der Waals surface area contributed by atoms with Crippen LogP contribution in [0.25, 0.3) is 5.82 Å². The van der Waals surface area contributed by atoms with Crippen molar-refractivity contribution in [2.24, 2.45) is 0 Å². The highest BCUT2D eigenvalue weighted by molar-refractivity contribution is 8.13. The van der Waals surface area contributed by atoms with E-state index in [4.69, 9.17) is 15.9 Å². The summed E-state index contributed by atoms with van der Waals surface area (Å²) in [5.41, 5.74) is 0.166. The molecule has 0 saturated carbocycles. The lowest BCUT2D eigenvalue weighted by molar-refractivity contribution is 0.598. The van der Waals surface area contributed by atoms with Crippen molar-refractivity contribution in [3.05, 3.63) is 29.8 Å². The van der Waals surface area contributed by atoms with Crippen LogP contribution in [0.4, 0.5) is 0 Å². The molecule has 0 spiro atoms. The third-order valence-electron chi connectivity index (χ3n) is 2.14. The zero-order chi connectivity index (χ0) is 13.3. The third kappa shape index (κ3) is 2.05. The van der Waals surface area contributed by atoms with Crippen molar-refractivity contribution < 1.29 is 8.42 Å². The van der Waals surface area contributed by atoms with E-state index in [1.807, 2.05) is 0 Å². The van der Waals surface area contributed by atoms with Crippen LogP contribution in [0.3, 0.4) is 0 Å². The predicted octanol–water partition coefficient (Wildman–Crippen LogP) is 0.770. The van der Waals surface area contributed by atoms with Gasteiger partial charge >= 0.3 is 0 Å². The summed E-state index contributed by atoms with van der Waals surface area (Å²) < 4.78 is 24.1. The minimum atomic E-state index is -4.11. The zero-order valence-corrected chi connectivity index (χ0v) is 10.6. The monoisotopic (exact) mass is 283 g/mol. The second kappa shape index (κ2) is 4.36. The summed E-state index contributed by atoms with van der Waals surface area (Å²) in [6.45, 7) is 1.52. The molecule has 18 heavy (non-hydrogen) atoms. The van der Waals surface area contributed by atoms with Crippen LogP contribution >= 0.6 is 10.7 Å². The van der Waals surface area contributed by atoms with Crippen LogP contribution in [0.2, 0.25) is 0 Å². The molecule has 7 nitrogen and oxygen atoms in total. The van der Waals surface area contributed by atoms with E-state index in [-0.39, 0.29) is 22.1 Å². The Balaban J connectivity index is 2.83. The molecule has 2 rings (SSSR count). The summed E-state index contributed by atoms with van der Waals surface area (Å²) in [6, 6.07) is 3.23. The van der Waals surface area contributed by atoms with Crippen molar-refractivity contribution in [3.63, 3.8) is 0 Å². The van der Waals surface area contributed by atoms with Gasteiger partial charge in [-0.05, 0) is 6.92 Å². The maximum absolute atomic E-state index is 11.5. The van der Waals surface area contributed by atoms with Gasteiger partial charge in [0.15, 0.2) is 10.8 Å². The summed E-state index contributed by atoms with van der Waals surface area (Å²) in [4.78, 5) is 7.58. The van der Waals surface area contributed by atoms with Gasteiger partial charge in [0.2, 0.25) is 0 Å². The molecule has 9 heteroatoms. The van der Waals surface area contributed by atoms with E-state index in [2.05, 4.69) is 15.1 Å². The molecule has 0 unspecified atom stereocenters. The van der Waals surface area contributed by atoms with Gasteiger partial charge < -0.3 is 0 Å². The van der Waals surface area contributed by atoms with Crippen LogP contribution < -0.4 is 0 Å². The second-order valence-electron chi connectivity index (χ2n) is 3.29. The Labute approximate surface area is 107 Å². The van der Waals surface area contributed by atoms with Crippen molar-refractivity contribution in [1.82, 2.24) is 19.7 Å². The van der Waals surface area contributed by atoms with Crippen LogP contribution in [0.5, 0.6) is 0 Å². The molecule has 0 amide bonds. The highest BCUT2D eigenvalue weighted by atomic mass is 35.7. The normalized spacial score (nSPS) is 11.2. The molecular weight excluding hydrogens is 278 g/mol. The molecule has 92 valence electrons. The summed E-state index contributed by atoms with van der Waals surface area (Å²) in [7, 11) is 1.21. The smallest absolute Gasteiger partial charge is 0.245 e. The van der Waals surface area contributed by atoms with Crippen molar-refractivity contribution in [2.75, 3.05) is 0 Å². The van der Waals surface area contributed by atoms with Crippen molar-refractivity contribution in [2.45, 2.75) is 11.9 Å². The highest BCUT2D eigenvalue weighted by Gasteiger charge is 2.26. The Hall–Kier alpha value is -1.98. The van der Waals surface area contributed by atoms with E-state index in [1.54, 1.807) is 6.07 Å². The molecule has 0 aliphatic heterocycles. The molecule has 0 aromatic carbocycles. The Kier molecular flexibility index (Phi) is 3.02. The fraction of sp³-hybridized carbons (Fsp3) is 0.111. The summed E-state index contributed by atoms with van der Waals surface area (Å²) >= 11 is 0. The Morgan fingerprint density at radius 1 is 1.50 bits per heavy atom. The fourth-order valence-electron chi connectivity index (χ4n) is 1.42. The average molecular weight is 284 g/mol. The quantitative estimate of drug-likeness (QED) is 0.754. The Morgan fingerprint density at radius 2 is 2.22 bits per heavy atom. The molecule has 0 fully saturated rings. The molecule has 0 N–H and O–H groups in total. The number of rotatable bonds is 2. The van der Waals surface area contributed by atoms with E-state index >= 15 is 0 Å². The Bertz CT molecular complexity index is 732. The lowest BCUT2D eigenvalue weighted by atomic mass is 10.3. The van der Waals surface area contributed by atoms with E-state index < -0.39 is 9.05 Å². The highest BCUT2D eigenvalue weighted by Crippen LogP contribution is 2.24. The molecule has 0 aliphatic carbocycles. The minimum Gasteiger partial charge on any atom is -0.245 e. The summed E-state index contributed by atoms with van der Waals surface area (Å²) in [6.07, 6.45) is 2.67. The van der Waals surface area contributed by atoms with Crippen LogP contribution in [0.1, 0.15) is 11.3 Å². The standard InChI is InChI=1S/C9H6ClN5O2S/c1-6-7(4-11)9(18(10,16)17)15(14-6)8-2-3-12-5-13-8/h2-3,5H,1H3. The van der Waals surface area contributed by atoms with Gasteiger partial charge in [0, 0.05) is 22.9 Å². The van der Waals surface area contributed by atoms with Crippen molar-refractivity contribution in [1.29, 1.82) is 5.26 Å². The molecule has 0 aliphatic rings.